The van der Waals surface area contributed by atoms with E-state index in [9.17, 15) is 5.11 Å². The van der Waals surface area contributed by atoms with Gasteiger partial charge in [0.25, 0.3) is 0 Å². The fourth-order valence-corrected chi connectivity index (χ4v) is 2.52. The summed E-state index contributed by atoms with van der Waals surface area (Å²) in [7, 11) is 0. The van der Waals surface area contributed by atoms with Gasteiger partial charge in [0.05, 0.1) is 12.1 Å². The van der Waals surface area contributed by atoms with Crippen molar-refractivity contribution in [1.29, 1.82) is 0 Å². The molecule has 3 rings (SSSR count). The van der Waals surface area contributed by atoms with E-state index in [0.29, 0.717) is 12.5 Å². The molecule has 0 radical (unpaired) electrons. The van der Waals surface area contributed by atoms with Crippen LogP contribution in [-0.2, 0) is 6.54 Å². The zero-order chi connectivity index (χ0) is 10.3. The lowest BCUT2D eigenvalue weighted by molar-refractivity contribution is 0.0255. The molecule has 4 nitrogen and oxygen atoms in total. The minimum absolute atomic E-state index is 0.517. The molecule has 2 aliphatic carbocycles. The summed E-state index contributed by atoms with van der Waals surface area (Å²) < 4.78 is 1.92. The van der Waals surface area contributed by atoms with Gasteiger partial charge in [-0.15, -0.1) is 0 Å². The van der Waals surface area contributed by atoms with Crippen molar-refractivity contribution < 1.29 is 5.11 Å². The van der Waals surface area contributed by atoms with Gasteiger partial charge in [-0.05, 0) is 25.7 Å². The van der Waals surface area contributed by atoms with Crippen LogP contribution in [-0.4, -0.2) is 25.5 Å². The van der Waals surface area contributed by atoms with E-state index in [1.54, 1.807) is 6.33 Å². The molecule has 0 aliphatic heterocycles. The van der Waals surface area contributed by atoms with Crippen molar-refractivity contribution in [3.05, 3.63) is 12.2 Å². The molecule has 1 N–H and O–H groups in total. The van der Waals surface area contributed by atoms with E-state index in [1.807, 2.05) is 4.68 Å². The lowest BCUT2D eigenvalue weighted by atomic mass is 10.0. The van der Waals surface area contributed by atoms with E-state index in [-0.39, 0.29) is 0 Å². The Bertz CT molecular complexity index is 350. The van der Waals surface area contributed by atoms with E-state index < -0.39 is 5.60 Å². The molecule has 0 amide bonds. The van der Waals surface area contributed by atoms with Crippen LogP contribution in [0.5, 0.6) is 0 Å². The first-order valence-electron chi connectivity index (χ1n) is 5.87. The Morgan fingerprint density at radius 2 is 2.13 bits per heavy atom. The Hall–Kier alpha value is -0.900. The minimum atomic E-state index is -0.517. The second-order valence-corrected chi connectivity index (χ2v) is 4.98. The van der Waals surface area contributed by atoms with Gasteiger partial charge in [0.2, 0.25) is 0 Å². The molecule has 0 unspecified atom stereocenters. The summed E-state index contributed by atoms with van der Waals surface area (Å²) in [5, 5.41) is 14.5. The molecule has 15 heavy (non-hydrogen) atoms. The lowest BCUT2D eigenvalue weighted by Crippen LogP contribution is -2.31. The van der Waals surface area contributed by atoms with Crippen LogP contribution in [0.3, 0.4) is 0 Å². The molecule has 0 bridgehead atoms. The Kier molecular flexibility index (Phi) is 2.06. The van der Waals surface area contributed by atoms with Crippen LogP contribution in [0.1, 0.15) is 50.3 Å². The monoisotopic (exact) mass is 207 g/mol. The predicted molar refractivity (Wildman–Crippen MR) is 55.4 cm³/mol. The summed E-state index contributed by atoms with van der Waals surface area (Å²) in [6.45, 7) is 0.638. The Morgan fingerprint density at radius 3 is 2.80 bits per heavy atom. The fraction of sp³-hybridized carbons (Fsp3) is 0.818. The highest BCUT2D eigenvalue weighted by Crippen LogP contribution is 2.39. The zero-order valence-corrected chi connectivity index (χ0v) is 8.89. The highest BCUT2D eigenvalue weighted by atomic mass is 16.3. The fourth-order valence-electron chi connectivity index (χ4n) is 2.52. The lowest BCUT2D eigenvalue weighted by Gasteiger charge is -2.22. The summed E-state index contributed by atoms with van der Waals surface area (Å²) >= 11 is 0. The molecule has 1 aromatic rings. The van der Waals surface area contributed by atoms with Gasteiger partial charge in [0, 0.05) is 5.92 Å². The smallest absolute Gasteiger partial charge is 0.138 e. The highest BCUT2D eigenvalue weighted by Gasteiger charge is 2.35. The van der Waals surface area contributed by atoms with Crippen molar-refractivity contribution in [3.8, 4) is 0 Å². The molecule has 2 fully saturated rings. The van der Waals surface area contributed by atoms with Gasteiger partial charge in [-0.3, -0.25) is 0 Å². The average Bonchev–Trinajstić information content (AvgIpc) is 2.82. The SMILES string of the molecule is OC1(Cn2ncnc2C2CC2)CCCC1. The van der Waals surface area contributed by atoms with Gasteiger partial charge in [-0.1, -0.05) is 12.8 Å². The minimum Gasteiger partial charge on any atom is -0.388 e. The van der Waals surface area contributed by atoms with E-state index in [1.165, 1.54) is 12.8 Å². The first-order valence-corrected chi connectivity index (χ1v) is 5.87. The van der Waals surface area contributed by atoms with Gasteiger partial charge >= 0.3 is 0 Å². The van der Waals surface area contributed by atoms with E-state index in [2.05, 4.69) is 10.1 Å². The second-order valence-electron chi connectivity index (χ2n) is 4.98. The third-order valence-corrected chi connectivity index (χ3v) is 3.57. The second kappa shape index (κ2) is 3.30. The summed E-state index contributed by atoms with van der Waals surface area (Å²) in [5.41, 5.74) is -0.517. The van der Waals surface area contributed by atoms with Crippen molar-refractivity contribution >= 4 is 0 Å². The Morgan fingerprint density at radius 1 is 1.40 bits per heavy atom. The molecule has 82 valence electrons. The Balaban J connectivity index is 1.77. The largest absolute Gasteiger partial charge is 0.388 e. The molecule has 1 aromatic heterocycles. The van der Waals surface area contributed by atoms with Crippen LogP contribution < -0.4 is 0 Å². The first kappa shape index (κ1) is 9.33. The number of aliphatic hydroxyl groups is 1. The molecular weight excluding hydrogens is 190 g/mol. The van der Waals surface area contributed by atoms with Crippen LogP contribution in [0.25, 0.3) is 0 Å². The van der Waals surface area contributed by atoms with Crippen LogP contribution >= 0.6 is 0 Å². The standard InChI is InChI=1S/C11H17N3O/c15-11(5-1-2-6-11)7-14-10(9-3-4-9)12-8-13-14/h8-9,15H,1-7H2. The summed E-state index contributed by atoms with van der Waals surface area (Å²) in [6.07, 6.45) is 8.20. The summed E-state index contributed by atoms with van der Waals surface area (Å²) in [6, 6.07) is 0. The maximum absolute atomic E-state index is 10.3. The third-order valence-electron chi connectivity index (χ3n) is 3.57. The molecule has 2 aliphatic rings. The van der Waals surface area contributed by atoms with Crippen molar-refractivity contribution in [3.63, 3.8) is 0 Å². The molecule has 0 spiro atoms. The average molecular weight is 207 g/mol. The molecule has 2 saturated carbocycles. The number of hydrogen-bond donors (Lipinski definition) is 1. The molecular formula is C11H17N3O. The molecule has 0 atom stereocenters. The van der Waals surface area contributed by atoms with Gasteiger partial charge in [0.1, 0.15) is 12.2 Å². The van der Waals surface area contributed by atoms with Crippen LogP contribution in [0.15, 0.2) is 6.33 Å². The van der Waals surface area contributed by atoms with Crippen molar-refractivity contribution in [1.82, 2.24) is 14.8 Å². The molecule has 0 saturated heterocycles. The van der Waals surface area contributed by atoms with Crippen molar-refractivity contribution in [2.45, 2.75) is 56.6 Å². The van der Waals surface area contributed by atoms with Crippen molar-refractivity contribution in [2.75, 3.05) is 0 Å². The van der Waals surface area contributed by atoms with Gasteiger partial charge < -0.3 is 5.11 Å². The normalized spacial score (nSPS) is 24.6. The summed E-state index contributed by atoms with van der Waals surface area (Å²) in [4.78, 5) is 4.29. The van der Waals surface area contributed by atoms with Crippen LogP contribution in [0.2, 0.25) is 0 Å². The van der Waals surface area contributed by atoms with E-state index in [0.717, 1.165) is 31.5 Å². The van der Waals surface area contributed by atoms with Crippen LogP contribution in [0, 0.1) is 0 Å². The van der Waals surface area contributed by atoms with Gasteiger partial charge in [-0.25, -0.2) is 9.67 Å². The zero-order valence-electron chi connectivity index (χ0n) is 8.89. The van der Waals surface area contributed by atoms with E-state index >= 15 is 0 Å². The molecule has 1 heterocycles. The van der Waals surface area contributed by atoms with Gasteiger partial charge in [0.15, 0.2) is 0 Å². The topological polar surface area (TPSA) is 50.9 Å². The highest BCUT2D eigenvalue weighted by molar-refractivity contribution is 5.05. The quantitative estimate of drug-likeness (QED) is 0.816. The molecule has 4 heteroatoms. The first-order chi connectivity index (χ1) is 7.27. The number of aromatic nitrogens is 3. The summed E-state index contributed by atoms with van der Waals surface area (Å²) in [5.74, 6) is 1.69. The van der Waals surface area contributed by atoms with Crippen LogP contribution in [0.4, 0.5) is 0 Å². The number of rotatable bonds is 3. The number of hydrogen-bond acceptors (Lipinski definition) is 3. The predicted octanol–water partition coefficient (Wildman–Crippen LogP) is 1.46. The van der Waals surface area contributed by atoms with E-state index in [4.69, 9.17) is 0 Å². The number of nitrogens with zero attached hydrogens (tertiary/aromatic N) is 3. The van der Waals surface area contributed by atoms with Gasteiger partial charge in [-0.2, -0.15) is 5.10 Å². The molecule has 0 aromatic carbocycles. The third kappa shape index (κ3) is 1.78. The Labute approximate surface area is 89.3 Å². The maximum Gasteiger partial charge on any atom is 0.138 e. The van der Waals surface area contributed by atoms with Crippen molar-refractivity contribution in [2.24, 2.45) is 0 Å². The maximum atomic E-state index is 10.3.